The molecule has 2 amide bonds. The van der Waals surface area contributed by atoms with Crippen LogP contribution in [0.2, 0.25) is 0 Å². The summed E-state index contributed by atoms with van der Waals surface area (Å²) in [7, 11) is 0. The van der Waals surface area contributed by atoms with Crippen LogP contribution in [0.1, 0.15) is 74.6 Å². The van der Waals surface area contributed by atoms with E-state index in [-0.39, 0.29) is 43.1 Å². The number of carbonyl (C=O) groups is 5. The van der Waals surface area contributed by atoms with Gasteiger partial charge < -0.3 is 35.5 Å². The van der Waals surface area contributed by atoms with E-state index in [2.05, 4.69) is 0 Å². The lowest BCUT2D eigenvalue weighted by Crippen LogP contribution is -2.50. The second kappa shape index (κ2) is 13.4. The largest absolute Gasteiger partial charge is 0.462 e. The van der Waals surface area contributed by atoms with Crippen LogP contribution in [-0.2, 0) is 23.8 Å². The van der Waals surface area contributed by atoms with Gasteiger partial charge >= 0.3 is 18.0 Å². The van der Waals surface area contributed by atoms with E-state index < -0.39 is 35.1 Å². The maximum atomic E-state index is 12.7. The molecule has 1 aliphatic rings. The number of piperazine rings is 1. The second-order valence-corrected chi connectivity index (χ2v) is 11.0. The number of rotatable bonds is 11. The van der Waals surface area contributed by atoms with E-state index in [0.717, 1.165) is 5.69 Å². The first-order valence-electron chi connectivity index (χ1n) is 12.9. The number of hydrogen-bond donors (Lipinski definition) is 2. The summed E-state index contributed by atoms with van der Waals surface area (Å²) < 4.78 is 16.2. The summed E-state index contributed by atoms with van der Waals surface area (Å²) in [6.07, 6.45) is 0.447. The van der Waals surface area contributed by atoms with Crippen LogP contribution in [0.3, 0.4) is 0 Å². The highest BCUT2D eigenvalue weighted by Gasteiger charge is 2.27. The van der Waals surface area contributed by atoms with Crippen molar-refractivity contribution in [2.45, 2.75) is 71.1 Å². The Hall–Kier alpha value is -3.67. The Morgan fingerprint density at radius 1 is 1.03 bits per heavy atom. The zero-order valence-corrected chi connectivity index (χ0v) is 23.4. The molecular formula is C27H40N4O8. The fourth-order valence-electron chi connectivity index (χ4n) is 3.80. The number of amides is 2. The molecule has 1 heterocycles. The van der Waals surface area contributed by atoms with E-state index in [4.69, 9.17) is 25.7 Å². The van der Waals surface area contributed by atoms with E-state index >= 15 is 0 Å². The van der Waals surface area contributed by atoms with E-state index in [0.29, 0.717) is 32.5 Å². The number of nitrogens with two attached hydrogens (primary N) is 2. The number of primary amides is 1. The monoisotopic (exact) mass is 548 g/mol. The van der Waals surface area contributed by atoms with Gasteiger partial charge in [-0.25, -0.2) is 9.59 Å². The van der Waals surface area contributed by atoms with E-state index in [1.165, 1.54) is 6.07 Å². The fraction of sp³-hybridized carbons (Fsp3) is 0.593. The molecule has 2 rings (SSSR count). The molecular weight excluding hydrogens is 508 g/mol. The summed E-state index contributed by atoms with van der Waals surface area (Å²) in [5.41, 5.74) is 10.2. The first kappa shape index (κ1) is 31.5. The van der Waals surface area contributed by atoms with Gasteiger partial charge in [-0.3, -0.25) is 14.4 Å². The molecule has 216 valence electrons. The SMILES string of the molecule is CC(C)(C)OC(=O)N1CCN(c2ccc(C(=O)OCCC(C)(C)OC(=O)CC[C@H](N)C(N)=O)c(C=O)c2)CC1. The van der Waals surface area contributed by atoms with E-state index in [1.54, 1.807) is 30.9 Å². The smallest absolute Gasteiger partial charge is 0.410 e. The molecule has 0 spiro atoms. The lowest BCUT2D eigenvalue weighted by molar-refractivity contribution is -0.157. The maximum absolute atomic E-state index is 12.7. The van der Waals surface area contributed by atoms with Crippen molar-refractivity contribution < 1.29 is 38.2 Å². The predicted octanol–water partition coefficient (Wildman–Crippen LogP) is 2.02. The molecule has 0 unspecified atom stereocenters. The van der Waals surface area contributed by atoms with Gasteiger partial charge in [0.25, 0.3) is 0 Å². The lowest BCUT2D eigenvalue weighted by atomic mass is 10.1. The Morgan fingerprint density at radius 2 is 1.67 bits per heavy atom. The van der Waals surface area contributed by atoms with Crippen LogP contribution >= 0.6 is 0 Å². The Balaban J connectivity index is 1.89. The molecule has 0 aromatic heterocycles. The lowest BCUT2D eigenvalue weighted by Gasteiger charge is -2.36. The number of esters is 2. The number of ether oxygens (including phenoxy) is 3. The standard InChI is InChI=1S/C27H40N4O8/c1-26(2,3)39-25(36)31-13-11-30(12-14-31)19-6-7-20(18(16-19)17-32)24(35)37-15-10-27(4,5)38-22(33)9-8-21(28)23(29)34/h6-7,16-17,21H,8-15,28H2,1-5H3,(H2,29,34)/t21-/m0/s1. The summed E-state index contributed by atoms with van der Waals surface area (Å²) in [5, 5.41) is 0. The first-order valence-corrected chi connectivity index (χ1v) is 12.9. The molecule has 0 aliphatic carbocycles. The molecule has 12 heteroatoms. The summed E-state index contributed by atoms with van der Waals surface area (Å²) >= 11 is 0. The fourth-order valence-corrected chi connectivity index (χ4v) is 3.80. The van der Waals surface area contributed by atoms with Gasteiger partial charge in [-0.15, -0.1) is 0 Å². The Kier molecular flexibility index (Phi) is 10.8. The van der Waals surface area contributed by atoms with Crippen molar-refractivity contribution in [3.8, 4) is 0 Å². The molecule has 12 nitrogen and oxygen atoms in total. The van der Waals surface area contributed by atoms with Gasteiger partial charge in [0.1, 0.15) is 11.2 Å². The van der Waals surface area contributed by atoms with Gasteiger partial charge in [0.15, 0.2) is 6.29 Å². The van der Waals surface area contributed by atoms with E-state index in [9.17, 15) is 24.0 Å². The molecule has 1 saturated heterocycles. The number of anilines is 1. The van der Waals surface area contributed by atoms with Gasteiger partial charge in [-0.05, 0) is 59.2 Å². The van der Waals surface area contributed by atoms with Gasteiger partial charge in [0.05, 0.1) is 18.2 Å². The third kappa shape index (κ3) is 10.2. The molecule has 39 heavy (non-hydrogen) atoms. The van der Waals surface area contributed by atoms with Crippen LogP contribution in [0.25, 0.3) is 0 Å². The highest BCUT2D eigenvalue weighted by atomic mass is 16.6. The van der Waals surface area contributed by atoms with Gasteiger partial charge in [-0.1, -0.05) is 0 Å². The number of carbonyl (C=O) groups excluding carboxylic acids is 5. The molecule has 0 radical (unpaired) electrons. The Bertz CT molecular complexity index is 1060. The number of hydrogen-bond acceptors (Lipinski definition) is 10. The predicted molar refractivity (Wildman–Crippen MR) is 143 cm³/mol. The minimum Gasteiger partial charge on any atom is -0.462 e. The van der Waals surface area contributed by atoms with Crippen molar-refractivity contribution in [1.29, 1.82) is 0 Å². The number of benzene rings is 1. The van der Waals surface area contributed by atoms with Crippen LogP contribution in [0.15, 0.2) is 18.2 Å². The van der Waals surface area contributed by atoms with Crippen LogP contribution < -0.4 is 16.4 Å². The first-order chi connectivity index (χ1) is 18.1. The van der Waals surface area contributed by atoms with Crippen molar-refractivity contribution in [1.82, 2.24) is 4.90 Å². The summed E-state index contributed by atoms with van der Waals surface area (Å²) in [6, 6.07) is 3.96. The molecule has 0 saturated carbocycles. The average molecular weight is 549 g/mol. The van der Waals surface area contributed by atoms with Crippen molar-refractivity contribution in [3.63, 3.8) is 0 Å². The molecule has 1 aromatic rings. The summed E-state index contributed by atoms with van der Waals surface area (Å²) in [5.74, 6) is -1.92. The Morgan fingerprint density at radius 3 is 2.23 bits per heavy atom. The van der Waals surface area contributed by atoms with Crippen LogP contribution in [0, 0.1) is 0 Å². The number of nitrogens with zero attached hydrogens (tertiary/aromatic N) is 2. The second-order valence-electron chi connectivity index (χ2n) is 11.0. The van der Waals surface area contributed by atoms with E-state index in [1.807, 2.05) is 25.7 Å². The minimum absolute atomic E-state index is 0.0490. The summed E-state index contributed by atoms with van der Waals surface area (Å²) in [6.45, 7) is 10.8. The Labute approximate surface area is 228 Å². The third-order valence-corrected chi connectivity index (χ3v) is 6.03. The molecule has 1 aromatic carbocycles. The molecule has 1 aliphatic heterocycles. The zero-order valence-electron chi connectivity index (χ0n) is 23.4. The van der Waals surface area contributed by atoms with Gasteiger partial charge in [-0.2, -0.15) is 0 Å². The van der Waals surface area contributed by atoms with Crippen molar-refractivity contribution in [2.24, 2.45) is 11.5 Å². The normalized spacial score (nSPS) is 14.8. The highest BCUT2D eigenvalue weighted by molar-refractivity contribution is 5.99. The van der Waals surface area contributed by atoms with Crippen LogP contribution in [0.4, 0.5) is 10.5 Å². The third-order valence-electron chi connectivity index (χ3n) is 6.03. The zero-order chi connectivity index (χ0) is 29.4. The molecule has 4 N–H and O–H groups in total. The average Bonchev–Trinajstić information content (AvgIpc) is 2.85. The molecule has 0 bridgehead atoms. The van der Waals surface area contributed by atoms with Gasteiger partial charge in [0, 0.05) is 50.3 Å². The van der Waals surface area contributed by atoms with Crippen molar-refractivity contribution in [3.05, 3.63) is 29.3 Å². The minimum atomic E-state index is -0.938. The van der Waals surface area contributed by atoms with Crippen LogP contribution in [-0.4, -0.2) is 85.2 Å². The van der Waals surface area contributed by atoms with Gasteiger partial charge in [0.2, 0.25) is 5.91 Å². The summed E-state index contributed by atoms with van der Waals surface area (Å²) in [4.78, 5) is 63.4. The maximum Gasteiger partial charge on any atom is 0.410 e. The molecule has 1 fully saturated rings. The van der Waals surface area contributed by atoms with Crippen molar-refractivity contribution >= 4 is 35.9 Å². The number of aldehydes is 1. The quantitative estimate of drug-likeness (QED) is 0.237. The van der Waals surface area contributed by atoms with Crippen LogP contribution in [0.5, 0.6) is 0 Å². The van der Waals surface area contributed by atoms with Crippen molar-refractivity contribution in [2.75, 3.05) is 37.7 Å². The molecule has 1 atom stereocenters. The highest BCUT2D eigenvalue weighted by Crippen LogP contribution is 2.23. The topological polar surface area (TPSA) is 172 Å².